The van der Waals surface area contributed by atoms with E-state index in [1.165, 1.54) is 35.2 Å². The Morgan fingerprint density at radius 3 is 2.84 bits per heavy atom. The lowest BCUT2D eigenvalue weighted by Crippen LogP contribution is -2.22. The second-order valence-electron chi connectivity index (χ2n) is 6.86. The Morgan fingerprint density at radius 2 is 2.06 bits per heavy atom. The Morgan fingerprint density at radius 1 is 1.25 bits per heavy atom. The fourth-order valence-electron chi connectivity index (χ4n) is 2.96. The number of anilines is 1. The Balaban J connectivity index is 1.45. The number of hydrogen-bond acceptors (Lipinski definition) is 8. The van der Waals surface area contributed by atoms with Crippen LogP contribution in [0.3, 0.4) is 0 Å². The molecule has 0 aliphatic heterocycles. The Kier molecular flexibility index (Phi) is 6.28. The van der Waals surface area contributed by atoms with E-state index in [1.807, 2.05) is 35.8 Å². The maximum Gasteiger partial charge on any atom is 0.270 e. The SMILES string of the molecule is Cc1ccccc1-n1cnnc1SC(C)C(=O)Nc1nc(-c2cccc([N+](=O)[O-])c2)cs1. The molecule has 1 unspecified atom stereocenters. The van der Waals surface area contributed by atoms with E-state index < -0.39 is 10.2 Å². The van der Waals surface area contributed by atoms with Crippen molar-refractivity contribution in [1.82, 2.24) is 19.7 Å². The number of carbonyl (C=O) groups excluding carboxylic acids is 1. The first-order chi connectivity index (χ1) is 15.4. The number of nitrogens with zero attached hydrogens (tertiary/aromatic N) is 5. The average Bonchev–Trinajstić information content (AvgIpc) is 3.44. The Bertz CT molecular complexity index is 1290. The third kappa shape index (κ3) is 4.68. The quantitative estimate of drug-likeness (QED) is 0.238. The van der Waals surface area contributed by atoms with Crippen LogP contribution in [0.15, 0.2) is 65.4 Å². The first-order valence-corrected chi connectivity index (χ1v) is 11.3. The molecule has 0 spiro atoms. The van der Waals surface area contributed by atoms with E-state index in [4.69, 9.17) is 0 Å². The Labute approximate surface area is 191 Å². The molecule has 32 heavy (non-hydrogen) atoms. The van der Waals surface area contributed by atoms with Gasteiger partial charge in [-0.3, -0.25) is 19.5 Å². The van der Waals surface area contributed by atoms with Gasteiger partial charge in [0.15, 0.2) is 10.3 Å². The van der Waals surface area contributed by atoms with Gasteiger partial charge in [-0.1, -0.05) is 42.1 Å². The van der Waals surface area contributed by atoms with E-state index in [0.29, 0.717) is 21.5 Å². The van der Waals surface area contributed by atoms with Gasteiger partial charge in [-0.05, 0) is 25.5 Å². The number of non-ortho nitro benzene ring substituents is 1. The highest BCUT2D eigenvalue weighted by molar-refractivity contribution is 8.00. The molecule has 0 saturated heterocycles. The van der Waals surface area contributed by atoms with Crippen LogP contribution in [0.1, 0.15) is 12.5 Å². The molecule has 4 aromatic rings. The molecule has 0 fully saturated rings. The van der Waals surface area contributed by atoms with Crippen LogP contribution in [0.25, 0.3) is 16.9 Å². The highest BCUT2D eigenvalue weighted by Crippen LogP contribution is 2.29. The standard InChI is InChI=1S/C21H18N6O3S2/c1-13-6-3-4-9-18(13)26-12-22-25-21(26)32-14(2)19(28)24-20-23-17(11-31-20)15-7-5-8-16(10-15)27(29)30/h3-12,14H,1-2H3,(H,23,24,28). The summed E-state index contributed by atoms with van der Waals surface area (Å²) in [6.45, 7) is 3.78. The van der Waals surface area contributed by atoms with E-state index in [0.717, 1.165) is 11.3 Å². The molecule has 2 aromatic carbocycles. The zero-order valence-corrected chi connectivity index (χ0v) is 18.8. The molecule has 0 aliphatic carbocycles. The smallest absolute Gasteiger partial charge is 0.270 e. The summed E-state index contributed by atoms with van der Waals surface area (Å²) >= 11 is 2.55. The van der Waals surface area contributed by atoms with Crippen molar-refractivity contribution >= 4 is 39.8 Å². The lowest BCUT2D eigenvalue weighted by molar-refractivity contribution is -0.384. The van der Waals surface area contributed by atoms with Crippen LogP contribution in [0.5, 0.6) is 0 Å². The van der Waals surface area contributed by atoms with Gasteiger partial charge in [0.05, 0.1) is 21.6 Å². The molecule has 2 aromatic heterocycles. The zero-order chi connectivity index (χ0) is 22.7. The fourth-order valence-corrected chi connectivity index (χ4v) is 4.52. The minimum Gasteiger partial charge on any atom is -0.301 e. The number of nitrogens with one attached hydrogen (secondary N) is 1. The predicted molar refractivity (Wildman–Crippen MR) is 124 cm³/mol. The van der Waals surface area contributed by atoms with E-state index in [-0.39, 0.29) is 11.6 Å². The molecule has 1 amide bonds. The third-order valence-corrected chi connectivity index (χ3v) is 6.44. The topological polar surface area (TPSA) is 116 Å². The number of thioether (sulfide) groups is 1. The molecule has 4 rings (SSSR count). The van der Waals surface area contributed by atoms with E-state index in [9.17, 15) is 14.9 Å². The molecule has 0 aliphatic rings. The van der Waals surface area contributed by atoms with Gasteiger partial charge in [0.1, 0.15) is 6.33 Å². The van der Waals surface area contributed by atoms with Crippen molar-refractivity contribution in [3.05, 3.63) is 75.9 Å². The molecule has 0 bridgehead atoms. The van der Waals surface area contributed by atoms with Gasteiger partial charge in [0.25, 0.3) is 5.69 Å². The molecular formula is C21H18N6O3S2. The number of aromatic nitrogens is 4. The summed E-state index contributed by atoms with van der Waals surface area (Å²) in [6.07, 6.45) is 1.63. The number of aryl methyl sites for hydroxylation is 1. The molecule has 0 radical (unpaired) electrons. The number of nitro groups is 1. The number of para-hydroxylation sites is 1. The summed E-state index contributed by atoms with van der Waals surface area (Å²) in [4.78, 5) is 27.7. The van der Waals surface area contributed by atoms with Crippen LogP contribution in [0.2, 0.25) is 0 Å². The highest BCUT2D eigenvalue weighted by atomic mass is 32.2. The first-order valence-electron chi connectivity index (χ1n) is 9.56. The molecule has 162 valence electrons. The van der Waals surface area contributed by atoms with Crippen molar-refractivity contribution in [3.63, 3.8) is 0 Å². The van der Waals surface area contributed by atoms with E-state index in [2.05, 4.69) is 20.5 Å². The van der Waals surface area contributed by atoms with E-state index >= 15 is 0 Å². The van der Waals surface area contributed by atoms with Gasteiger partial charge >= 0.3 is 0 Å². The lowest BCUT2D eigenvalue weighted by Gasteiger charge is -2.12. The van der Waals surface area contributed by atoms with Gasteiger partial charge < -0.3 is 5.32 Å². The van der Waals surface area contributed by atoms with Crippen LogP contribution in [-0.4, -0.2) is 35.8 Å². The van der Waals surface area contributed by atoms with Crippen LogP contribution < -0.4 is 5.32 Å². The third-order valence-electron chi connectivity index (χ3n) is 4.63. The predicted octanol–water partition coefficient (Wildman–Crippen LogP) is 4.73. The van der Waals surface area contributed by atoms with Crippen LogP contribution in [-0.2, 0) is 4.79 Å². The maximum absolute atomic E-state index is 12.7. The van der Waals surface area contributed by atoms with E-state index in [1.54, 1.807) is 30.8 Å². The molecule has 0 saturated carbocycles. The summed E-state index contributed by atoms with van der Waals surface area (Å²) < 4.78 is 1.85. The first kappa shape index (κ1) is 21.7. The minimum absolute atomic E-state index is 0.0103. The van der Waals surface area contributed by atoms with Crippen molar-refractivity contribution in [1.29, 1.82) is 0 Å². The van der Waals surface area contributed by atoms with Crippen molar-refractivity contribution in [2.24, 2.45) is 0 Å². The molecule has 2 heterocycles. The van der Waals surface area contributed by atoms with Crippen LogP contribution >= 0.6 is 23.1 Å². The monoisotopic (exact) mass is 466 g/mol. The summed E-state index contributed by atoms with van der Waals surface area (Å²) in [6, 6.07) is 14.1. The number of benzene rings is 2. The number of amides is 1. The molecule has 9 nitrogen and oxygen atoms in total. The number of rotatable bonds is 7. The van der Waals surface area contributed by atoms with Gasteiger partial charge in [-0.25, -0.2) is 4.98 Å². The second-order valence-corrected chi connectivity index (χ2v) is 9.03. The zero-order valence-electron chi connectivity index (χ0n) is 17.1. The lowest BCUT2D eigenvalue weighted by atomic mass is 10.1. The summed E-state index contributed by atoms with van der Waals surface area (Å²) in [5.74, 6) is -0.228. The second kappa shape index (κ2) is 9.28. The normalized spacial score (nSPS) is 11.8. The highest BCUT2D eigenvalue weighted by Gasteiger charge is 2.20. The molecular weight excluding hydrogens is 448 g/mol. The summed E-state index contributed by atoms with van der Waals surface area (Å²) in [5.41, 5.74) is 3.19. The van der Waals surface area contributed by atoms with Gasteiger partial charge in [-0.15, -0.1) is 21.5 Å². The van der Waals surface area contributed by atoms with Crippen LogP contribution in [0.4, 0.5) is 10.8 Å². The molecule has 1 N–H and O–H groups in total. The minimum atomic E-state index is -0.452. The summed E-state index contributed by atoms with van der Waals surface area (Å²) in [5, 5.41) is 24.3. The van der Waals surface area contributed by atoms with Gasteiger partial charge in [-0.2, -0.15) is 0 Å². The molecule has 11 heteroatoms. The summed E-state index contributed by atoms with van der Waals surface area (Å²) in [7, 11) is 0. The Hall–Kier alpha value is -3.57. The van der Waals surface area contributed by atoms with Crippen molar-refractivity contribution < 1.29 is 9.72 Å². The maximum atomic E-state index is 12.7. The van der Waals surface area contributed by atoms with Crippen molar-refractivity contribution in [2.75, 3.05) is 5.32 Å². The van der Waals surface area contributed by atoms with Crippen molar-refractivity contribution in [3.8, 4) is 16.9 Å². The number of thiazole rings is 1. The number of hydrogen-bond donors (Lipinski definition) is 1. The van der Waals surface area contributed by atoms with Gasteiger partial charge in [0.2, 0.25) is 5.91 Å². The van der Waals surface area contributed by atoms with Crippen molar-refractivity contribution in [2.45, 2.75) is 24.3 Å². The molecule has 1 atom stereocenters. The number of carbonyl (C=O) groups is 1. The fraction of sp³-hybridized carbons (Fsp3) is 0.143. The average molecular weight is 467 g/mol. The van der Waals surface area contributed by atoms with Crippen LogP contribution in [0, 0.1) is 17.0 Å². The van der Waals surface area contributed by atoms with Gasteiger partial charge in [0, 0.05) is 23.1 Å². The number of nitro benzene ring substituents is 1. The largest absolute Gasteiger partial charge is 0.301 e.